The van der Waals surface area contributed by atoms with Crippen LogP contribution < -0.4 is 0 Å². The maximum absolute atomic E-state index is 12.4. The van der Waals surface area contributed by atoms with Gasteiger partial charge in [0.1, 0.15) is 4.90 Å². The molecule has 0 fully saturated rings. The Labute approximate surface area is 113 Å². The highest BCUT2D eigenvalue weighted by atomic mass is 35.5. The first kappa shape index (κ1) is 15.0. The van der Waals surface area contributed by atoms with Gasteiger partial charge in [-0.05, 0) is 32.0 Å². The fourth-order valence-corrected chi connectivity index (χ4v) is 3.88. The maximum Gasteiger partial charge on any atom is 0.244 e. The van der Waals surface area contributed by atoms with Crippen LogP contribution in [0.3, 0.4) is 0 Å². The molecule has 0 aliphatic rings. The van der Waals surface area contributed by atoms with Crippen LogP contribution in [-0.4, -0.2) is 25.3 Å². The van der Waals surface area contributed by atoms with Gasteiger partial charge in [0.15, 0.2) is 0 Å². The van der Waals surface area contributed by atoms with Gasteiger partial charge in [0, 0.05) is 12.6 Å². The molecule has 0 amide bonds. The van der Waals surface area contributed by atoms with Crippen molar-refractivity contribution in [3.8, 4) is 6.07 Å². The first-order chi connectivity index (χ1) is 8.34. The van der Waals surface area contributed by atoms with Crippen molar-refractivity contribution in [2.45, 2.75) is 31.7 Å². The maximum atomic E-state index is 12.4. The molecular weight excluding hydrogens is 272 g/mol. The Balaban J connectivity index is 3.33. The predicted molar refractivity (Wildman–Crippen MR) is 70.9 cm³/mol. The molecule has 0 heterocycles. The minimum atomic E-state index is -3.61. The highest BCUT2D eigenvalue weighted by molar-refractivity contribution is 7.89. The van der Waals surface area contributed by atoms with Crippen LogP contribution in [0.5, 0.6) is 0 Å². The lowest BCUT2D eigenvalue weighted by Crippen LogP contribution is -2.36. The lowest BCUT2D eigenvalue weighted by molar-refractivity contribution is 0.369. The zero-order valence-electron chi connectivity index (χ0n) is 10.5. The van der Waals surface area contributed by atoms with Gasteiger partial charge in [-0.25, -0.2) is 8.42 Å². The van der Waals surface area contributed by atoms with Gasteiger partial charge in [0.25, 0.3) is 0 Å². The predicted octanol–water partition coefficient (Wildman–Crippen LogP) is 2.63. The molecule has 0 spiro atoms. The number of nitriles is 1. The van der Waals surface area contributed by atoms with Gasteiger partial charge >= 0.3 is 0 Å². The van der Waals surface area contributed by atoms with Crippen molar-refractivity contribution in [3.63, 3.8) is 0 Å². The van der Waals surface area contributed by atoms with E-state index in [1.54, 1.807) is 20.8 Å². The van der Waals surface area contributed by atoms with E-state index in [0.29, 0.717) is 12.1 Å². The number of sulfonamides is 1. The van der Waals surface area contributed by atoms with Crippen molar-refractivity contribution in [1.29, 1.82) is 5.26 Å². The van der Waals surface area contributed by atoms with E-state index in [1.165, 1.54) is 22.5 Å². The monoisotopic (exact) mass is 286 g/mol. The Morgan fingerprint density at radius 3 is 2.44 bits per heavy atom. The standard InChI is InChI=1S/C12H15ClN2O2S/c1-4-15(9(2)3)18(16,17)12-6-5-10(8-14)7-11(12)13/h5-7,9H,4H2,1-3H3. The first-order valence-corrected chi connectivity index (χ1v) is 7.37. The fourth-order valence-electron chi connectivity index (χ4n) is 1.72. The zero-order chi connectivity index (χ0) is 13.9. The molecule has 0 aliphatic carbocycles. The third-order valence-corrected chi connectivity index (χ3v) is 5.17. The molecule has 0 unspecified atom stereocenters. The molecule has 1 aromatic rings. The third kappa shape index (κ3) is 2.83. The van der Waals surface area contributed by atoms with E-state index >= 15 is 0 Å². The van der Waals surface area contributed by atoms with Crippen molar-refractivity contribution in [3.05, 3.63) is 28.8 Å². The second-order valence-electron chi connectivity index (χ2n) is 4.06. The number of hydrogen-bond donors (Lipinski definition) is 0. The molecule has 1 aromatic carbocycles. The van der Waals surface area contributed by atoms with Crippen LogP contribution in [-0.2, 0) is 10.0 Å². The molecular formula is C12H15ClN2O2S. The van der Waals surface area contributed by atoms with E-state index in [2.05, 4.69) is 0 Å². The molecule has 0 atom stereocenters. The summed E-state index contributed by atoms with van der Waals surface area (Å²) in [5.41, 5.74) is 0.339. The third-order valence-electron chi connectivity index (χ3n) is 2.54. The quantitative estimate of drug-likeness (QED) is 0.855. The molecule has 18 heavy (non-hydrogen) atoms. The summed E-state index contributed by atoms with van der Waals surface area (Å²) in [7, 11) is -3.61. The topological polar surface area (TPSA) is 61.2 Å². The summed E-state index contributed by atoms with van der Waals surface area (Å²) in [6.07, 6.45) is 0. The minimum Gasteiger partial charge on any atom is -0.207 e. The Bertz CT molecular complexity index is 576. The highest BCUT2D eigenvalue weighted by Gasteiger charge is 2.27. The molecule has 0 saturated heterocycles. The van der Waals surface area contributed by atoms with Gasteiger partial charge in [-0.3, -0.25) is 0 Å². The van der Waals surface area contributed by atoms with Crippen molar-refractivity contribution >= 4 is 21.6 Å². The first-order valence-electron chi connectivity index (χ1n) is 5.56. The van der Waals surface area contributed by atoms with Crippen molar-refractivity contribution < 1.29 is 8.42 Å². The van der Waals surface area contributed by atoms with Gasteiger partial charge in [-0.2, -0.15) is 9.57 Å². The van der Waals surface area contributed by atoms with Gasteiger partial charge in [-0.15, -0.1) is 0 Å². The molecule has 0 aliphatic heterocycles. The van der Waals surface area contributed by atoms with Crippen LogP contribution >= 0.6 is 11.6 Å². The lowest BCUT2D eigenvalue weighted by Gasteiger charge is -2.24. The van der Waals surface area contributed by atoms with Gasteiger partial charge in [0.2, 0.25) is 10.0 Å². The number of rotatable bonds is 4. The summed E-state index contributed by atoms with van der Waals surface area (Å²) in [6.45, 7) is 5.75. The van der Waals surface area contributed by atoms with Gasteiger partial charge < -0.3 is 0 Å². The number of halogens is 1. The van der Waals surface area contributed by atoms with E-state index in [4.69, 9.17) is 16.9 Å². The minimum absolute atomic E-state index is 0.0405. The van der Waals surface area contributed by atoms with Crippen molar-refractivity contribution in [1.82, 2.24) is 4.31 Å². The summed E-state index contributed by atoms with van der Waals surface area (Å²) in [5, 5.41) is 8.81. The highest BCUT2D eigenvalue weighted by Crippen LogP contribution is 2.26. The van der Waals surface area contributed by atoms with Crippen LogP contribution in [0.4, 0.5) is 0 Å². The average molecular weight is 287 g/mol. The molecule has 0 bridgehead atoms. The molecule has 6 heteroatoms. The molecule has 0 radical (unpaired) electrons. The smallest absolute Gasteiger partial charge is 0.207 e. The number of nitrogens with zero attached hydrogens (tertiary/aromatic N) is 2. The summed E-state index contributed by atoms with van der Waals surface area (Å²) in [5.74, 6) is 0. The Morgan fingerprint density at radius 1 is 1.44 bits per heavy atom. The lowest BCUT2D eigenvalue weighted by atomic mass is 10.2. The normalized spacial score (nSPS) is 11.8. The summed E-state index contributed by atoms with van der Waals surface area (Å²) in [4.78, 5) is 0.0405. The van der Waals surface area contributed by atoms with Crippen LogP contribution in [0.15, 0.2) is 23.1 Å². The summed E-state index contributed by atoms with van der Waals surface area (Å²) >= 11 is 5.94. The molecule has 0 aromatic heterocycles. The van der Waals surface area contributed by atoms with Crippen LogP contribution in [0.2, 0.25) is 5.02 Å². The van der Waals surface area contributed by atoms with Crippen LogP contribution in [0.1, 0.15) is 26.3 Å². The number of hydrogen-bond acceptors (Lipinski definition) is 3. The number of benzene rings is 1. The van der Waals surface area contributed by atoms with Gasteiger partial charge in [-0.1, -0.05) is 18.5 Å². The molecule has 4 nitrogen and oxygen atoms in total. The molecule has 0 N–H and O–H groups in total. The van der Waals surface area contributed by atoms with Crippen molar-refractivity contribution in [2.75, 3.05) is 6.54 Å². The second-order valence-corrected chi connectivity index (χ2v) is 6.33. The molecule has 1 rings (SSSR count). The Morgan fingerprint density at radius 2 is 2.06 bits per heavy atom. The summed E-state index contributed by atoms with van der Waals surface area (Å²) in [6, 6.07) is 5.96. The zero-order valence-corrected chi connectivity index (χ0v) is 12.1. The van der Waals surface area contributed by atoms with E-state index in [9.17, 15) is 8.42 Å². The van der Waals surface area contributed by atoms with Gasteiger partial charge in [0.05, 0.1) is 16.7 Å². The Kier molecular flexibility index (Phi) is 4.74. The fraction of sp³-hybridized carbons (Fsp3) is 0.417. The molecule has 98 valence electrons. The van der Waals surface area contributed by atoms with E-state index in [0.717, 1.165) is 0 Å². The van der Waals surface area contributed by atoms with E-state index in [1.807, 2.05) is 6.07 Å². The largest absolute Gasteiger partial charge is 0.244 e. The van der Waals surface area contributed by atoms with Crippen molar-refractivity contribution in [2.24, 2.45) is 0 Å². The Hall–Kier alpha value is -1.09. The van der Waals surface area contributed by atoms with E-state index in [-0.39, 0.29) is 16.0 Å². The summed E-state index contributed by atoms with van der Waals surface area (Å²) < 4.78 is 26.1. The van der Waals surface area contributed by atoms with Crippen LogP contribution in [0.25, 0.3) is 0 Å². The van der Waals surface area contributed by atoms with Crippen LogP contribution in [0, 0.1) is 11.3 Å². The second kappa shape index (κ2) is 5.70. The molecule has 0 saturated carbocycles. The average Bonchev–Trinajstić information content (AvgIpc) is 2.28. The SMILES string of the molecule is CCN(C(C)C)S(=O)(=O)c1ccc(C#N)cc1Cl. The van der Waals surface area contributed by atoms with E-state index < -0.39 is 10.0 Å².